The minimum absolute atomic E-state index is 0. The first-order valence-electron chi connectivity index (χ1n) is 6.86. The van der Waals surface area contributed by atoms with Gasteiger partial charge in [0.15, 0.2) is 0 Å². The van der Waals surface area contributed by atoms with Crippen molar-refractivity contribution >= 4 is 0 Å². The molecule has 0 heterocycles. The first-order chi connectivity index (χ1) is 9.81. The lowest BCUT2D eigenvalue weighted by Gasteiger charge is -2.06. The fourth-order valence-electron chi connectivity index (χ4n) is 2.39. The second-order valence-electron chi connectivity index (χ2n) is 5.06. The van der Waals surface area contributed by atoms with Gasteiger partial charge in [-0.1, -0.05) is 78.9 Å². The number of rotatable bonds is 3. The van der Waals surface area contributed by atoms with Crippen LogP contribution in [0.4, 0.5) is 0 Å². The monoisotopic (exact) mass is 275 g/mol. The van der Waals surface area contributed by atoms with Gasteiger partial charge in [-0.25, -0.2) is 0 Å². The minimum Gasteiger partial charge on any atom is -0.412 e. The van der Waals surface area contributed by atoms with Crippen LogP contribution in [0.2, 0.25) is 0 Å². The van der Waals surface area contributed by atoms with Gasteiger partial charge in [0.25, 0.3) is 0 Å². The van der Waals surface area contributed by atoms with Gasteiger partial charge < -0.3 is 5.48 Å². The molecule has 21 heavy (non-hydrogen) atoms. The van der Waals surface area contributed by atoms with E-state index < -0.39 is 0 Å². The second kappa shape index (κ2) is 6.87. The highest BCUT2D eigenvalue weighted by atomic mass is 16.0. The number of hydrogen-bond acceptors (Lipinski definition) is 0. The predicted molar refractivity (Wildman–Crippen MR) is 89.2 cm³/mol. The number of benzene rings is 3. The van der Waals surface area contributed by atoms with E-state index in [0.717, 1.165) is 12.0 Å². The molecule has 0 aliphatic carbocycles. The third kappa shape index (κ3) is 3.80. The van der Waals surface area contributed by atoms with E-state index in [9.17, 15) is 0 Å². The first-order valence-corrected chi connectivity index (χ1v) is 6.86. The summed E-state index contributed by atoms with van der Waals surface area (Å²) in [6.07, 6.45) is 0.974. The Hall–Kier alpha value is -2.38. The summed E-state index contributed by atoms with van der Waals surface area (Å²) in [4.78, 5) is 0. The average Bonchev–Trinajstić information content (AvgIpc) is 2.49. The van der Waals surface area contributed by atoms with Gasteiger partial charge in [-0.05, 0) is 41.2 Å². The summed E-state index contributed by atoms with van der Waals surface area (Å²) in [5.74, 6) is 0. The largest absolute Gasteiger partial charge is 0.412 e. The zero-order valence-corrected chi connectivity index (χ0v) is 11.9. The maximum absolute atomic E-state index is 3.93. The maximum Gasteiger partial charge on any atom is -0.00256 e. The fourth-order valence-corrected chi connectivity index (χ4v) is 2.39. The van der Waals surface area contributed by atoms with Crippen molar-refractivity contribution in [3.8, 4) is 11.1 Å². The Morgan fingerprint density at radius 3 is 2.00 bits per heavy atom. The Bertz CT molecular complexity index is 685. The molecule has 3 rings (SSSR count). The van der Waals surface area contributed by atoms with Crippen molar-refractivity contribution in [2.45, 2.75) is 6.42 Å². The highest BCUT2D eigenvalue weighted by molar-refractivity contribution is 5.64. The van der Waals surface area contributed by atoms with Crippen molar-refractivity contribution in [2.75, 3.05) is 0 Å². The van der Waals surface area contributed by atoms with Gasteiger partial charge in [0.05, 0.1) is 0 Å². The van der Waals surface area contributed by atoms with Crippen molar-refractivity contribution in [1.82, 2.24) is 0 Å². The van der Waals surface area contributed by atoms with E-state index in [2.05, 4.69) is 85.8 Å². The molecule has 0 amide bonds. The van der Waals surface area contributed by atoms with Gasteiger partial charge in [0.2, 0.25) is 0 Å². The molecule has 0 saturated carbocycles. The molecule has 0 aromatic heterocycles. The van der Waals surface area contributed by atoms with Crippen molar-refractivity contribution in [1.29, 1.82) is 0 Å². The molecule has 0 unspecified atom stereocenters. The summed E-state index contributed by atoms with van der Waals surface area (Å²) in [6.45, 7) is 3.93. The van der Waals surface area contributed by atoms with Crippen LogP contribution in [0.5, 0.6) is 0 Å². The molecule has 105 valence electrons. The van der Waals surface area contributed by atoms with E-state index in [1.807, 2.05) is 0 Å². The molecule has 1 heteroatoms. The molecule has 0 spiro atoms. The molecule has 3 aromatic rings. The van der Waals surface area contributed by atoms with Crippen LogP contribution in [0, 0.1) is 6.92 Å². The Balaban J connectivity index is 0.00000161. The van der Waals surface area contributed by atoms with Gasteiger partial charge in [-0.3, -0.25) is 0 Å². The third-order valence-electron chi connectivity index (χ3n) is 3.47. The van der Waals surface area contributed by atoms with Crippen molar-refractivity contribution in [3.05, 3.63) is 102 Å². The van der Waals surface area contributed by atoms with Crippen LogP contribution in [0.15, 0.2) is 78.9 Å². The second-order valence-corrected chi connectivity index (χ2v) is 5.06. The lowest BCUT2D eigenvalue weighted by Crippen LogP contribution is -1.88. The molecule has 0 aliphatic heterocycles. The van der Waals surface area contributed by atoms with E-state index in [1.54, 1.807) is 0 Å². The minimum atomic E-state index is 0. The van der Waals surface area contributed by atoms with E-state index >= 15 is 0 Å². The first kappa shape index (κ1) is 15.0. The highest BCUT2D eigenvalue weighted by Crippen LogP contribution is 2.22. The van der Waals surface area contributed by atoms with Gasteiger partial charge in [0.1, 0.15) is 0 Å². The lowest BCUT2D eigenvalue weighted by atomic mass is 9.99. The highest BCUT2D eigenvalue weighted by Gasteiger charge is 2.00. The zero-order valence-electron chi connectivity index (χ0n) is 11.9. The standard InChI is InChI=1S/C20H17.H2O/c1-16-10-12-19(13-11-16)20-9-5-8-18(15-20)14-17-6-3-2-4-7-17;/h2-13,15H,1,14H2;1H2. The van der Waals surface area contributed by atoms with Crippen LogP contribution in [-0.2, 0) is 6.42 Å². The molecule has 0 atom stereocenters. The van der Waals surface area contributed by atoms with Gasteiger partial charge >= 0.3 is 0 Å². The Kier molecular flexibility index (Phi) is 4.91. The number of hydrogen-bond donors (Lipinski definition) is 0. The van der Waals surface area contributed by atoms with Gasteiger partial charge in [0, 0.05) is 0 Å². The molecular formula is C20H19O. The van der Waals surface area contributed by atoms with E-state index in [1.165, 1.54) is 22.3 Å². The SMILES string of the molecule is O.[CH2]c1ccc(-c2cccc(Cc3ccccc3)c2)cc1. The van der Waals surface area contributed by atoms with Crippen LogP contribution in [0.25, 0.3) is 11.1 Å². The zero-order chi connectivity index (χ0) is 13.8. The van der Waals surface area contributed by atoms with Gasteiger partial charge in [-0.2, -0.15) is 0 Å². The summed E-state index contributed by atoms with van der Waals surface area (Å²) < 4.78 is 0. The third-order valence-corrected chi connectivity index (χ3v) is 3.47. The summed E-state index contributed by atoms with van der Waals surface area (Å²) >= 11 is 0. The summed E-state index contributed by atoms with van der Waals surface area (Å²) in [5, 5.41) is 0. The molecule has 1 radical (unpaired) electrons. The quantitative estimate of drug-likeness (QED) is 0.682. The van der Waals surface area contributed by atoms with E-state index in [4.69, 9.17) is 0 Å². The van der Waals surface area contributed by atoms with Crippen LogP contribution in [-0.4, -0.2) is 5.48 Å². The van der Waals surface area contributed by atoms with Gasteiger partial charge in [-0.15, -0.1) is 0 Å². The Labute approximate surface area is 126 Å². The van der Waals surface area contributed by atoms with Crippen molar-refractivity contribution in [3.63, 3.8) is 0 Å². The van der Waals surface area contributed by atoms with Crippen molar-refractivity contribution < 1.29 is 5.48 Å². The molecule has 0 bridgehead atoms. The summed E-state index contributed by atoms with van der Waals surface area (Å²) in [7, 11) is 0. The summed E-state index contributed by atoms with van der Waals surface area (Å²) in [6, 6.07) is 27.7. The smallest absolute Gasteiger partial charge is 0.00256 e. The van der Waals surface area contributed by atoms with Crippen LogP contribution in [0.1, 0.15) is 16.7 Å². The Morgan fingerprint density at radius 2 is 1.29 bits per heavy atom. The normalized spacial score (nSPS) is 9.95. The topological polar surface area (TPSA) is 31.5 Å². The van der Waals surface area contributed by atoms with Crippen molar-refractivity contribution in [2.24, 2.45) is 0 Å². The molecule has 1 nitrogen and oxygen atoms in total. The lowest BCUT2D eigenvalue weighted by molar-refractivity contribution is 0.824. The van der Waals surface area contributed by atoms with Crippen LogP contribution < -0.4 is 0 Å². The molecular weight excluding hydrogens is 256 g/mol. The average molecular weight is 275 g/mol. The van der Waals surface area contributed by atoms with Crippen LogP contribution in [0.3, 0.4) is 0 Å². The fraction of sp³-hybridized carbons (Fsp3) is 0.0500. The van der Waals surface area contributed by atoms with Crippen LogP contribution >= 0.6 is 0 Å². The molecule has 3 aromatic carbocycles. The van der Waals surface area contributed by atoms with E-state index in [-0.39, 0.29) is 5.48 Å². The Morgan fingerprint density at radius 1 is 0.619 bits per heavy atom. The van der Waals surface area contributed by atoms with E-state index in [0.29, 0.717) is 0 Å². The molecule has 2 N–H and O–H groups in total. The molecule has 0 fully saturated rings. The maximum atomic E-state index is 3.93. The molecule has 0 saturated heterocycles. The summed E-state index contributed by atoms with van der Waals surface area (Å²) in [5.41, 5.74) is 6.24. The molecule has 0 aliphatic rings. The predicted octanol–water partition coefficient (Wildman–Crippen LogP) is 4.30.